The van der Waals surface area contributed by atoms with Gasteiger partial charge in [-0.3, -0.25) is 4.99 Å². The van der Waals surface area contributed by atoms with Crippen molar-refractivity contribution in [3.63, 3.8) is 0 Å². The summed E-state index contributed by atoms with van der Waals surface area (Å²) in [5, 5.41) is 0. The smallest absolute Gasteiger partial charge is 0.131 e. The van der Waals surface area contributed by atoms with Crippen molar-refractivity contribution in [3.8, 4) is 0 Å². The van der Waals surface area contributed by atoms with E-state index in [4.69, 9.17) is 0 Å². The second-order valence-electron chi connectivity index (χ2n) is 3.63. The Morgan fingerprint density at radius 1 is 1.33 bits per heavy atom. The highest BCUT2D eigenvalue weighted by molar-refractivity contribution is 5.84. The van der Waals surface area contributed by atoms with Gasteiger partial charge in [0.2, 0.25) is 0 Å². The van der Waals surface area contributed by atoms with Crippen molar-refractivity contribution in [2.45, 2.75) is 33.6 Å². The first-order valence-corrected chi connectivity index (χ1v) is 5.04. The molecule has 0 aliphatic heterocycles. The molecule has 0 aliphatic rings. The SMILES string of the molecule is CCCC(C)=Nc1cc(F)cc(F)c1C. The first-order valence-electron chi connectivity index (χ1n) is 5.04. The van der Waals surface area contributed by atoms with Crippen molar-refractivity contribution in [2.75, 3.05) is 0 Å². The molecule has 1 rings (SSSR count). The third kappa shape index (κ3) is 3.11. The molecule has 1 aromatic rings. The van der Waals surface area contributed by atoms with Gasteiger partial charge in [0.1, 0.15) is 11.6 Å². The van der Waals surface area contributed by atoms with E-state index < -0.39 is 11.6 Å². The summed E-state index contributed by atoms with van der Waals surface area (Å²) in [5.74, 6) is -1.13. The second kappa shape index (κ2) is 5.01. The molecule has 0 saturated heterocycles. The number of nitrogens with zero attached hydrogens (tertiary/aromatic N) is 1. The molecule has 0 saturated carbocycles. The average Bonchev–Trinajstić information content (AvgIpc) is 2.13. The number of aliphatic imine (C=N–C) groups is 1. The molecule has 0 heterocycles. The van der Waals surface area contributed by atoms with Crippen LogP contribution in [0.15, 0.2) is 17.1 Å². The van der Waals surface area contributed by atoms with Gasteiger partial charge in [-0.15, -0.1) is 0 Å². The van der Waals surface area contributed by atoms with E-state index in [0.29, 0.717) is 11.3 Å². The Bertz CT molecular complexity index is 383. The molecule has 3 heteroatoms. The van der Waals surface area contributed by atoms with Gasteiger partial charge < -0.3 is 0 Å². The van der Waals surface area contributed by atoms with Crippen LogP contribution in [-0.4, -0.2) is 5.71 Å². The summed E-state index contributed by atoms with van der Waals surface area (Å²) in [5.41, 5.74) is 1.68. The van der Waals surface area contributed by atoms with E-state index in [1.54, 1.807) is 6.92 Å². The van der Waals surface area contributed by atoms with E-state index in [9.17, 15) is 8.78 Å². The quantitative estimate of drug-likeness (QED) is 0.665. The largest absolute Gasteiger partial charge is 0.258 e. The van der Waals surface area contributed by atoms with Gasteiger partial charge in [-0.05, 0) is 26.3 Å². The zero-order chi connectivity index (χ0) is 11.4. The maximum absolute atomic E-state index is 13.2. The monoisotopic (exact) mass is 211 g/mol. The number of hydrogen-bond donors (Lipinski definition) is 0. The van der Waals surface area contributed by atoms with Crippen LogP contribution in [-0.2, 0) is 0 Å². The van der Waals surface area contributed by atoms with Crippen LogP contribution >= 0.6 is 0 Å². The van der Waals surface area contributed by atoms with Crippen molar-refractivity contribution in [2.24, 2.45) is 4.99 Å². The molecular weight excluding hydrogens is 196 g/mol. The molecule has 0 amide bonds. The number of halogens is 2. The summed E-state index contributed by atoms with van der Waals surface area (Å²) in [6.07, 6.45) is 1.82. The van der Waals surface area contributed by atoms with Crippen molar-refractivity contribution in [1.82, 2.24) is 0 Å². The molecule has 0 atom stereocenters. The van der Waals surface area contributed by atoms with E-state index in [-0.39, 0.29) is 0 Å². The number of hydrogen-bond acceptors (Lipinski definition) is 1. The Kier molecular flexibility index (Phi) is 3.95. The Labute approximate surface area is 88.8 Å². The van der Waals surface area contributed by atoms with Crippen LogP contribution in [0.1, 0.15) is 32.3 Å². The highest BCUT2D eigenvalue weighted by Crippen LogP contribution is 2.23. The van der Waals surface area contributed by atoms with E-state index in [1.165, 1.54) is 6.07 Å². The Morgan fingerprint density at radius 3 is 2.60 bits per heavy atom. The van der Waals surface area contributed by atoms with Crippen LogP contribution in [0.25, 0.3) is 0 Å². The number of benzene rings is 1. The van der Waals surface area contributed by atoms with Crippen molar-refractivity contribution < 1.29 is 8.78 Å². The first-order chi connectivity index (χ1) is 7.04. The summed E-state index contributed by atoms with van der Waals surface area (Å²) in [4.78, 5) is 4.21. The molecule has 0 N–H and O–H groups in total. The summed E-state index contributed by atoms with van der Waals surface area (Å²) in [6, 6.07) is 2.14. The molecule has 0 bridgehead atoms. The van der Waals surface area contributed by atoms with E-state index >= 15 is 0 Å². The summed E-state index contributed by atoms with van der Waals surface area (Å²) in [6.45, 7) is 5.51. The summed E-state index contributed by atoms with van der Waals surface area (Å²) in [7, 11) is 0. The van der Waals surface area contributed by atoms with Gasteiger partial charge in [-0.1, -0.05) is 13.3 Å². The number of rotatable bonds is 3. The normalized spacial score (nSPS) is 11.9. The highest BCUT2D eigenvalue weighted by atomic mass is 19.1. The second-order valence-corrected chi connectivity index (χ2v) is 3.63. The molecule has 0 radical (unpaired) electrons. The Balaban J connectivity index is 3.09. The fourth-order valence-electron chi connectivity index (χ4n) is 1.37. The predicted octanol–water partition coefficient (Wildman–Crippen LogP) is 4.17. The summed E-state index contributed by atoms with van der Waals surface area (Å²) >= 11 is 0. The lowest BCUT2D eigenvalue weighted by molar-refractivity contribution is 0.578. The first kappa shape index (κ1) is 11.8. The van der Waals surface area contributed by atoms with Gasteiger partial charge in [0.15, 0.2) is 0 Å². The van der Waals surface area contributed by atoms with Crippen LogP contribution in [0.5, 0.6) is 0 Å². The van der Waals surface area contributed by atoms with Crippen LogP contribution in [0.2, 0.25) is 0 Å². The molecule has 1 aromatic carbocycles. The predicted molar refractivity (Wildman–Crippen MR) is 58.8 cm³/mol. The molecule has 0 fully saturated rings. The maximum atomic E-state index is 13.2. The minimum absolute atomic E-state index is 0.387. The lowest BCUT2D eigenvalue weighted by Gasteiger charge is -2.04. The van der Waals surface area contributed by atoms with Crippen molar-refractivity contribution in [1.29, 1.82) is 0 Å². The molecule has 15 heavy (non-hydrogen) atoms. The van der Waals surface area contributed by atoms with Crippen molar-refractivity contribution in [3.05, 3.63) is 29.3 Å². The van der Waals surface area contributed by atoms with Crippen LogP contribution < -0.4 is 0 Å². The van der Waals surface area contributed by atoms with Crippen LogP contribution in [0.4, 0.5) is 14.5 Å². The molecule has 1 nitrogen and oxygen atoms in total. The van der Waals surface area contributed by atoms with Gasteiger partial charge in [-0.2, -0.15) is 0 Å². The minimum Gasteiger partial charge on any atom is -0.258 e. The summed E-state index contributed by atoms with van der Waals surface area (Å²) < 4.78 is 26.1. The molecule has 0 aromatic heterocycles. The van der Waals surface area contributed by atoms with Gasteiger partial charge in [0.25, 0.3) is 0 Å². The third-order valence-electron chi connectivity index (χ3n) is 2.20. The molecule has 0 aliphatic carbocycles. The van der Waals surface area contributed by atoms with Crippen LogP contribution in [0.3, 0.4) is 0 Å². The lowest BCUT2D eigenvalue weighted by atomic mass is 10.1. The van der Waals surface area contributed by atoms with Gasteiger partial charge in [0, 0.05) is 17.3 Å². The fourth-order valence-corrected chi connectivity index (χ4v) is 1.37. The van der Waals surface area contributed by atoms with Crippen LogP contribution in [0, 0.1) is 18.6 Å². The third-order valence-corrected chi connectivity index (χ3v) is 2.20. The zero-order valence-corrected chi connectivity index (χ0v) is 9.27. The van der Waals surface area contributed by atoms with Crippen molar-refractivity contribution >= 4 is 11.4 Å². The highest BCUT2D eigenvalue weighted by Gasteiger charge is 2.06. The molecular formula is C12H15F2N. The fraction of sp³-hybridized carbons (Fsp3) is 0.417. The van der Waals surface area contributed by atoms with Gasteiger partial charge in [0.05, 0.1) is 5.69 Å². The maximum Gasteiger partial charge on any atom is 0.131 e. The van der Waals surface area contributed by atoms with E-state index in [1.807, 2.05) is 13.8 Å². The minimum atomic E-state index is -0.582. The van der Waals surface area contributed by atoms with E-state index in [2.05, 4.69) is 4.99 Å². The topological polar surface area (TPSA) is 12.4 Å². The Hall–Kier alpha value is -1.25. The zero-order valence-electron chi connectivity index (χ0n) is 9.27. The lowest BCUT2D eigenvalue weighted by Crippen LogP contribution is -1.91. The average molecular weight is 211 g/mol. The molecule has 0 unspecified atom stereocenters. The van der Waals surface area contributed by atoms with E-state index in [0.717, 1.165) is 24.6 Å². The van der Waals surface area contributed by atoms with Gasteiger partial charge in [-0.25, -0.2) is 8.78 Å². The molecule has 82 valence electrons. The standard InChI is InChI=1S/C12H15F2N/c1-4-5-8(2)15-12-7-10(13)6-11(14)9(12)3/h6-7H,4-5H2,1-3H3. The Morgan fingerprint density at radius 2 is 2.00 bits per heavy atom. The molecule has 0 spiro atoms. The van der Waals surface area contributed by atoms with Gasteiger partial charge >= 0.3 is 0 Å².